The van der Waals surface area contributed by atoms with E-state index in [1.165, 1.54) is 6.07 Å². The van der Waals surface area contributed by atoms with Gasteiger partial charge in [-0.15, -0.1) is 5.10 Å². The topological polar surface area (TPSA) is 65.8 Å². The summed E-state index contributed by atoms with van der Waals surface area (Å²) < 4.78 is 15.4. The van der Waals surface area contributed by atoms with Crippen LogP contribution in [-0.4, -0.2) is 58.1 Å². The fourth-order valence-corrected chi connectivity index (χ4v) is 4.41. The predicted molar refractivity (Wildman–Crippen MR) is 123 cm³/mol. The molecule has 2 aromatic heterocycles. The first-order chi connectivity index (χ1) is 15.6. The van der Waals surface area contributed by atoms with Crippen LogP contribution in [0.3, 0.4) is 0 Å². The van der Waals surface area contributed by atoms with E-state index in [1.54, 1.807) is 22.8 Å². The number of aromatic nitrogens is 3. The number of amides is 1. The predicted octanol–water partition coefficient (Wildman–Crippen LogP) is 3.67. The van der Waals surface area contributed by atoms with Gasteiger partial charge < -0.3 is 15.1 Å². The van der Waals surface area contributed by atoms with Gasteiger partial charge in [0.1, 0.15) is 11.6 Å². The molecule has 1 N–H and O–H groups in total. The summed E-state index contributed by atoms with van der Waals surface area (Å²) in [5.41, 5.74) is 2.00. The molecule has 3 aromatic rings. The number of fused-ring (bicyclic) bond motifs is 1. The van der Waals surface area contributed by atoms with Crippen molar-refractivity contribution in [3.8, 4) is 0 Å². The molecule has 0 aliphatic carbocycles. The Hall–Kier alpha value is -3.00. The fraction of sp³-hybridized carbons (Fsp3) is 0.458. The zero-order chi connectivity index (χ0) is 22.5. The van der Waals surface area contributed by atoms with Crippen LogP contribution in [-0.2, 0) is 0 Å². The molecule has 0 saturated carbocycles. The minimum atomic E-state index is -0.229. The highest BCUT2D eigenvalue weighted by Crippen LogP contribution is 2.35. The number of carbonyl (C=O) groups is 1. The lowest BCUT2D eigenvalue weighted by atomic mass is 10.0. The average Bonchev–Trinajstić information content (AvgIpc) is 3.46. The summed E-state index contributed by atoms with van der Waals surface area (Å²) in [5.74, 6) is 0.356. The van der Waals surface area contributed by atoms with Crippen molar-refractivity contribution in [2.45, 2.75) is 39.2 Å². The van der Waals surface area contributed by atoms with Crippen LogP contribution in [0.4, 0.5) is 10.2 Å². The molecule has 1 aliphatic heterocycles. The molecule has 1 aliphatic rings. The summed E-state index contributed by atoms with van der Waals surface area (Å²) in [6.07, 6.45) is 4.41. The maximum absolute atomic E-state index is 13.8. The van der Waals surface area contributed by atoms with E-state index in [2.05, 4.69) is 33.9 Å². The van der Waals surface area contributed by atoms with Crippen LogP contribution in [0, 0.1) is 5.82 Å². The van der Waals surface area contributed by atoms with Gasteiger partial charge in [0.15, 0.2) is 11.3 Å². The summed E-state index contributed by atoms with van der Waals surface area (Å²) in [7, 11) is 0. The van der Waals surface area contributed by atoms with Gasteiger partial charge in [0.2, 0.25) is 0 Å². The Morgan fingerprint density at radius 3 is 2.88 bits per heavy atom. The zero-order valence-electron chi connectivity index (χ0n) is 18.8. The minimum Gasteiger partial charge on any atom is -0.351 e. The van der Waals surface area contributed by atoms with Crippen molar-refractivity contribution in [1.29, 1.82) is 0 Å². The van der Waals surface area contributed by atoms with Crippen molar-refractivity contribution in [2.24, 2.45) is 0 Å². The van der Waals surface area contributed by atoms with E-state index in [9.17, 15) is 9.18 Å². The molecule has 1 fully saturated rings. The second-order valence-electron chi connectivity index (χ2n) is 8.15. The Kier molecular flexibility index (Phi) is 6.99. The lowest BCUT2D eigenvalue weighted by molar-refractivity contribution is 0.0945. The number of benzene rings is 1. The summed E-state index contributed by atoms with van der Waals surface area (Å²) in [4.78, 5) is 21.6. The van der Waals surface area contributed by atoms with Gasteiger partial charge in [-0.1, -0.05) is 26.0 Å². The molecule has 1 saturated heterocycles. The molecule has 7 nitrogen and oxygen atoms in total. The Bertz CT molecular complexity index is 1060. The number of hydrogen-bond donors (Lipinski definition) is 1. The number of anilines is 1. The van der Waals surface area contributed by atoms with E-state index in [0.717, 1.165) is 56.8 Å². The van der Waals surface area contributed by atoms with Crippen molar-refractivity contribution < 1.29 is 9.18 Å². The van der Waals surface area contributed by atoms with Crippen LogP contribution in [0.15, 0.2) is 42.6 Å². The first kappa shape index (κ1) is 22.2. The minimum absolute atomic E-state index is 0.0662. The van der Waals surface area contributed by atoms with Crippen LogP contribution in [0.2, 0.25) is 0 Å². The fourth-order valence-electron chi connectivity index (χ4n) is 4.41. The molecular weight excluding hydrogens is 407 g/mol. The normalized spacial score (nSPS) is 16.2. The molecule has 0 radical (unpaired) electrons. The average molecular weight is 439 g/mol. The number of carbonyl (C=O) groups excluding carboxylic acids is 1. The summed E-state index contributed by atoms with van der Waals surface area (Å²) in [5, 5.41) is 7.73. The number of nitrogens with one attached hydrogen (secondary N) is 1. The van der Waals surface area contributed by atoms with Crippen LogP contribution >= 0.6 is 0 Å². The molecule has 170 valence electrons. The first-order valence-corrected chi connectivity index (χ1v) is 11.5. The SMILES string of the molecule is CCN(CC)CCCNC(=O)c1cnc2ccc(N3CCC[C@@H]3c3cccc(F)c3)nn12. The van der Waals surface area contributed by atoms with Gasteiger partial charge >= 0.3 is 0 Å². The second kappa shape index (κ2) is 10.1. The van der Waals surface area contributed by atoms with Crippen molar-refractivity contribution in [3.63, 3.8) is 0 Å². The number of nitrogens with zero attached hydrogens (tertiary/aromatic N) is 5. The number of imidazole rings is 1. The number of halogens is 1. The molecular formula is C24H31FN6O. The van der Waals surface area contributed by atoms with Crippen LogP contribution in [0.1, 0.15) is 55.2 Å². The molecule has 1 aromatic carbocycles. The highest BCUT2D eigenvalue weighted by atomic mass is 19.1. The lowest BCUT2D eigenvalue weighted by Crippen LogP contribution is -2.30. The van der Waals surface area contributed by atoms with E-state index >= 15 is 0 Å². The maximum atomic E-state index is 13.8. The molecule has 1 atom stereocenters. The monoisotopic (exact) mass is 438 g/mol. The van der Waals surface area contributed by atoms with Gasteiger partial charge in [0.25, 0.3) is 5.91 Å². The Morgan fingerprint density at radius 2 is 2.09 bits per heavy atom. The molecule has 8 heteroatoms. The quantitative estimate of drug-likeness (QED) is 0.517. The highest BCUT2D eigenvalue weighted by molar-refractivity contribution is 5.93. The third-order valence-electron chi connectivity index (χ3n) is 6.19. The molecule has 0 spiro atoms. The van der Waals surface area contributed by atoms with E-state index in [1.807, 2.05) is 18.2 Å². The molecule has 4 rings (SSSR count). The smallest absolute Gasteiger partial charge is 0.271 e. The van der Waals surface area contributed by atoms with Gasteiger partial charge in [0, 0.05) is 13.1 Å². The summed E-state index contributed by atoms with van der Waals surface area (Å²) in [6, 6.07) is 10.6. The summed E-state index contributed by atoms with van der Waals surface area (Å²) in [6.45, 7) is 8.71. The number of hydrogen-bond acceptors (Lipinski definition) is 5. The Balaban J connectivity index is 1.49. The van der Waals surface area contributed by atoms with Crippen molar-refractivity contribution in [3.05, 3.63) is 59.7 Å². The van der Waals surface area contributed by atoms with E-state index in [4.69, 9.17) is 5.10 Å². The highest BCUT2D eigenvalue weighted by Gasteiger charge is 2.28. The van der Waals surface area contributed by atoms with Crippen LogP contribution in [0.25, 0.3) is 5.65 Å². The Labute approximate surface area is 188 Å². The largest absolute Gasteiger partial charge is 0.351 e. The van der Waals surface area contributed by atoms with Gasteiger partial charge in [-0.05, 0) is 68.7 Å². The standard InChI is InChI=1S/C24H31FN6O/c1-3-29(4-2)14-7-13-26-24(32)21-17-27-22-11-12-23(28-31(21)22)30-15-6-10-20(30)18-8-5-9-19(25)16-18/h5,8-9,11-12,16-17,20H,3-4,6-7,10,13-15H2,1-2H3,(H,26,32)/t20-/m1/s1. The van der Waals surface area contributed by atoms with Gasteiger partial charge in [-0.2, -0.15) is 0 Å². The molecule has 0 unspecified atom stereocenters. The van der Waals surface area contributed by atoms with Gasteiger partial charge in [-0.3, -0.25) is 4.79 Å². The van der Waals surface area contributed by atoms with E-state index in [0.29, 0.717) is 17.9 Å². The zero-order valence-corrected chi connectivity index (χ0v) is 18.8. The van der Waals surface area contributed by atoms with Gasteiger partial charge in [0.05, 0.1) is 12.2 Å². The van der Waals surface area contributed by atoms with Crippen LogP contribution in [0.5, 0.6) is 0 Å². The van der Waals surface area contributed by atoms with Crippen molar-refractivity contribution in [1.82, 2.24) is 24.8 Å². The molecule has 0 bridgehead atoms. The third-order valence-corrected chi connectivity index (χ3v) is 6.19. The molecule has 3 heterocycles. The lowest BCUT2D eigenvalue weighted by Gasteiger charge is -2.26. The van der Waals surface area contributed by atoms with Crippen molar-refractivity contribution >= 4 is 17.4 Å². The molecule has 1 amide bonds. The van der Waals surface area contributed by atoms with Gasteiger partial charge in [-0.25, -0.2) is 13.9 Å². The third kappa shape index (κ3) is 4.75. The summed E-state index contributed by atoms with van der Waals surface area (Å²) >= 11 is 0. The maximum Gasteiger partial charge on any atom is 0.271 e. The number of rotatable bonds is 9. The Morgan fingerprint density at radius 1 is 1.25 bits per heavy atom. The molecule has 32 heavy (non-hydrogen) atoms. The van der Waals surface area contributed by atoms with Crippen molar-refractivity contribution in [2.75, 3.05) is 37.6 Å². The first-order valence-electron chi connectivity index (χ1n) is 11.5. The second-order valence-corrected chi connectivity index (χ2v) is 8.15. The van der Waals surface area contributed by atoms with E-state index < -0.39 is 0 Å². The van der Waals surface area contributed by atoms with E-state index in [-0.39, 0.29) is 17.8 Å². The van der Waals surface area contributed by atoms with Crippen LogP contribution < -0.4 is 10.2 Å².